The van der Waals surface area contributed by atoms with Crippen molar-refractivity contribution in [1.82, 2.24) is 24.9 Å². The molecule has 4 bridgehead atoms. The maximum atomic E-state index is 13.2. The van der Waals surface area contributed by atoms with Crippen molar-refractivity contribution in [1.29, 1.82) is 0 Å². The van der Waals surface area contributed by atoms with E-state index in [2.05, 4.69) is 15.5 Å². The summed E-state index contributed by atoms with van der Waals surface area (Å²) < 4.78 is 3.70. The molecule has 33 heavy (non-hydrogen) atoms. The Morgan fingerprint density at radius 2 is 2.03 bits per heavy atom. The Balaban J connectivity index is 1.38. The molecule has 2 aromatic heterocycles. The van der Waals surface area contributed by atoms with Crippen molar-refractivity contribution in [3.05, 3.63) is 38.8 Å². The van der Waals surface area contributed by atoms with E-state index in [1.807, 2.05) is 42.4 Å². The van der Waals surface area contributed by atoms with Gasteiger partial charge in [-0.05, 0) is 87.5 Å². The summed E-state index contributed by atoms with van der Waals surface area (Å²) in [6.45, 7) is 6.61. The molecule has 4 fully saturated rings. The van der Waals surface area contributed by atoms with E-state index >= 15 is 0 Å². The average molecular weight is 475 g/mol. The summed E-state index contributed by atoms with van der Waals surface area (Å²) in [7, 11) is 0. The van der Waals surface area contributed by atoms with Gasteiger partial charge in [-0.25, -0.2) is 0 Å². The quantitative estimate of drug-likeness (QED) is 0.468. The van der Waals surface area contributed by atoms with Crippen molar-refractivity contribution in [3.8, 4) is 0 Å². The lowest BCUT2D eigenvalue weighted by Crippen LogP contribution is -2.58. The van der Waals surface area contributed by atoms with Gasteiger partial charge in [-0.3, -0.25) is 9.48 Å². The summed E-state index contributed by atoms with van der Waals surface area (Å²) in [4.78, 5) is 24.1. The molecule has 0 aliphatic heterocycles. The molecule has 4 saturated carbocycles. The molecule has 0 radical (unpaired) electrons. The van der Waals surface area contributed by atoms with Gasteiger partial charge in [0.1, 0.15) is 0 Å². The SMILES string of the molecule is CCn1ccc(C(C)NC(=O)CC23CC4CC(C2)CC(n2nc([N+](=O)[O-])c(Cl)c2C)(C4)C3)n1. The molecule has 10 heteroatoms. The summed E-state index contributed by atoms with van der Waals surface area (Å²) in [5.74, 6) is 0.806. The number of nitro groups is 1. The lowest BCUT2D eigenvalue weighted by atomic mass is 9.46. The molecule has 9 nitrogen and oxygen atoms in total. The number of nitrogens with one attached hydrogen (secondary N) is 1. The number of rotatable bonds is 7. The maximum Gasteiger partial charge on any atom is 0.408 e. The number of aryl methyl sites for hydroxylation is 1. The predicted octanol–water partition coefficient (Wildman–Crippen LogP) is 4.53. The molecular formula is C23H31ClN6O3. The molecule has 1 N–H and O–H groups in total. The highest BCUT2D eigenvalue weighted by atomic mass is 35.5. The smallest absolute Gasteiger partial charge is 0.358 e. The summed E-state index contributed by atoms with van der Waals surface area (Å²) in [6, 6.07) is 1.80. The van der Waals surface area contributed by atoms with Crippen LogP contribution in [0.15, 0.2) is 12.3 Å². The van der Waals surface area contributed by atoms with Crippen LogP contribution in [0.3, 0.4) is 0 Å². The minimum absolute atomic E-state index is 0.0480. The number of carbonyl (C=O) groups excluding carboxylic acids is 1. The van der Waals surface area contributed by atoms with Crippen LogP contribution in [0.1, 0.15) is 76.2 Å². The third-order valence-corrected chi connectivity index (χ3v) is 8.58. The third kappa shape index (κ3) is 3.74. The number of aromatic nitrogens is 4. The molecule has 1 amide bonds. The standard InChI is InChI=1S/C23H31ClN6O3/c1-4-28-6-5-18(26-28)14(2)25-19(31)12-22-8-16-7-17(9-22)11-23(10-16,13-22)29-15(3)20(24)21(27-29)30(32)33/h5-6,14,16-17H,4,7-13H2,1-3H3,(H,25,31). The van der Waals surface area contributed by atoms with Gasteiger partial charge in [0.15, 0.2) is 5.02 Å². The minimum atomic E-state index is -0.503. The van der Waals surface area contributed by atoms with E-state index in [-0.39, 0.29) is 33.7 Å². The zero-order valence-electron chi connectivity index (χ0n) is 19.4. The molecule has 2 heterocycles. The summed E-state index contributed by atoms with van der Waals surface area (Å²) in [5, 5.41) is 23.6. The van der Waals surface area contributed by atoms with E-state index in [0.29, 0.717) is 24.0 Å². The fraction of sp³-hybridized carbons (Fsp3) is 0.696. The van der Waals surface area contributed by atoms with Crippen molar-refractivity contribution in [2.24, 2.45) is 17.3 Å². The van der Waals surface area contributed by atoms with Gasteiger partial charge in [0.05, 0.1) is 28.1 Å². The molecule has 0 saturated heterocycles. The molecule has 2 aromatic rings. The first-order chi connectivity index (χ1) is 15.6. The monoisotopic (exact) mass is 474 g/mol. The molecule has 0 spiro atoms. The fourth-order valence-electron chi connectivity index (χ4n) is 7.39. The molecule has 3 atom stereocenters. The number of carbonyl (C=O) groups is 1. The Hall–Kier alpha value is -2.42. The molecular weight excluding hydrogens is 444 g/mol. The van der Waals surface area contributed by atoms with Crippen LogP contribution in [-0.2, 0) is 16.9 Å². The molecule has 3 unspecified atom stereocenters. The van der Waals surface area contributed by atoms with Crippen LogP contribution in [-0.4, -0.2) is 30.4 Å². The first-order valence-corrected chi connectivity index (χ1v) is 12.2. The van der Waals surface area contributed by atoms with Gasteiger partial charge in [0.2, 0.25) is 5.91 Å². The van der Waals surface area contributed by atoms with Crippen LogP contribution in [0, 0.1) is 34.3 Å². The molecule has 6 rings (SSSR count). The van der Waals surface area contributed by atoms with Gasteiger partial charge in [-0.2, -0.15) is 9.78 Å². The highest BCUT2D eigenvalue weighted by Crippen LogP contribution is 2.65. The zero-order chi connectivity index (χ0) is 23.5. The topological polar surface area (TPSA) is 108 Å². The Morgan fingerprint density at radius 3 is 2.61 bits per heavy atom. The molecule has 4 aliphatic rings. The van der Waals surface area contributed by atoms with Crippen LogP contribution in [0.4, 0.5) is 5.82 Å². The van der Waals surface area contributed by atoms with Crippen LogP contribution in [0.25, 0.3) is 0 Å². The number of hydrogen-bond acceptors (Lipinski definition) is 5. The third-order valence-electron chi connectivity index (χ3n) is 8.14. The van der Waals surface area contributed by atoms with Gasteiger partial charge in [0.25, 0.3) is 0 Å². The summed E-state index contributed by atoms with van der Waals surface area (Å²) >= 11 is 6.30. The first kappa shape index (κ1) is 22.4. The van der Waals surface area contributed by atoms with E-state index in [0.717, 1.165) is 44.3 Å². The number of nitrogens with zero attached hydrogens (tertiary/aromatic N) is 5. The number of hydrogen-bond donors (Lipinski definition) is 1. The Morgan fingerprint density at radius 1 is 1.33 bits per heavy atom. The van der Waals surface area contributed by atoms with Gasteiger partial charge in [-0.15, -0.1) is 0 Å². The van der Waals surface area contributed by atoms with E-state index < -0.39 is 4.92 Å². The average Bonchev–Trinajstić information content (AvgIpc) is 3.32. The molecule has 178 valence electrons. The van der Waals surface area contributed by atoms with E-state index in [9.17, 15) is 14.9 Å². The second-order valence-electron chi connectivity index (χ2n) is 10.6. The largest absolute Gasteiger partial charge is 0.408 e. The van der Waals surface area contributed by atoms with Crippen molar-refractivity contribution in [2.45, 2.75) is 83.8 Å². The highest BCUT2D eigenvalue weighted by molar-refractivity contribution is 6.33. The van der Waals surface area contributed by atoms with Crippen LogP contribution in [0.5, 0.6) is 0 Å². The van der Waals surface area contributed by atoms with Gasteiger partial charge in [0, 0.05) is 19.2 Å². The van der Waals surface area contributed by atoms with Crippen molar-refractivity contribution < 1.29 is 9.72 Å². The second kappa shape index (κ2) is 7.82. The minimum Gasteiger partial charge on any atom is -0.358 e. The number of halogens is 1. The lowest BCUT2D eigenvalue weighted by molar-refractivity contribution is -0.389. The van der Waals surface area contributed by atoms with Gasteiger partial charge in [-0.1, -0.05) is 11.6 Å². The zero-order valence-corrected chi connectivity index (χ0v) is 20.1. The molecule has 4 aliphatic carbocycles. The van der Waals surface area contributed by atoms with E-state index in [4.69, 9.17) is 11.6 Å². The number of amides is 1. The van der Waals surface area contributed by atoms with Gasteiger partial charge >= 0.3 is 5.82 Å². The van der Waals surface area contributed by atoms with E-state index in [1.54, 1.807) is 0 Å². The second-order valence-corrected chi connectivity index (χ2v) is 11.0. The Bertz CT molecular complexity index is 1090. The highest BCUT2D eigenvalue weighted by Gasteiger charge is 2.60. The summed E-state index contributed by atoms with van der Waals surface area (Å²) in [5.41, 5.74) is 1.13. The van der Waals surface area contributed by atoms with Crippen LogP contribution < -0.4 is 5.32 Å². The molecule has 0 aromatic carbocycles. The Labute approximate surface area is 198 Å². The first-order valence-electron chi connectivity index (χ1n) is 11.9. The Kier molecular flexibility index (Phi) is 5.30. The lowest BCUT2D eigenvalue weighted by Gasteiger charge is -2.61. The van der Waals surface area contributed by atoms with Crippen molar-refractivity contribution in [3.63, 3.8) is 0 Å². The summed E-state index contributed by atoms with van der Waals surface area (Å²) in [6.07, 6.45) is 8.36. The van der Waals surface area contributed by atoms with E-state index in [1.165, 1.54) is 6.42 Å². The van der Waals surface area contributed by atoms with Crippen molar-refractivity contribution >= 4 is 23.3 Å². The fourth-order valence-corrected chi connectivity index (χ4v) is 7.58. The normalized spacial score (nSPS) is 31.0. The predicted molar refractivity (Wildman–Crippen MR) is 123 cm³/mol. The van der Waals surface area contributed by atoms with Crippen LogP contribution in [0.2, 0.25) is 5.02 Å². The van der Waals surface area contributed by atoms with Crippen molar-refractivity contribution in [2.75, 3.05) is 0 Å². The van der Waals surface area contributed by atoms with Gasteiger partial charge < -0.3 is 15.4 Å². The van der Waals surface area contributed by atoms with Crippen LogP contribution >= 0.6 is 11.6 Å². The maximum absolute atomic E-state index is 13.2.